The molecule has 1 fully saturated rings. The van der Waals surface area contributed by atoms with Gasteiger partial charge < -0.3 is 40.5 Å². The zero-order valence-electron chi connectivity index (χ0n) is 19.5. The summed E-state index contributed by atoms with van der Waals surface area (Å²) in [6.07, 6.45) is -9.00. The molecule has 0 aromatic heterocycles. The highest BCUT2D eigenvalue weighted by atomic mass is 33.4. The van der Waals surface area contributed by atoms with Crippen molar-refractivity contribution in [2.75, 3.05) is 19.8 Å². The van der Waals surface area contributed by atoms with Crippen molar-refractivity contribution in [3.63, 3.8) is 0 Å². The predicted molar refractivity (Wildman–Crippen MR) is 180 cm³/mol. The van der Waals surface area contributed by atoms with Gasteiger partial charge >= 0.3 is 0 Å². The van der Waals surface area contributed by atoms with Crippen LogP contribution >= 0.6 is 0 Å². The largest absolute Gasteiger partial charge is 0.394 e. The summed E-state index contributed by atoms with van der Waals surface area (Å²) in [5, 5.41) is 81.6. The van der Waals surface area contributed by atoms with E-state index in [0.717, 1.165) is 0 Å². The SMILES string of the molecule is O=CC=O.O=[N+]([O-])C1C(O)[C@@H](O)OC(CO)[C@@H]1O.O=[N+]([O-])C[C@@H](O)[C@H](O)CO.S=S=S=S=S=S.S=S=S=S=S=S=S. The Morgan fingerprint density at radius 1 is 0.780 bits per heavy atom. The second kappa shape index (κ2) is 35.2. The number of hydrogen-bond acceptors (Lipinski definition) is 18. The Morgan fingerprint density at radius 3 is 1.49 bits per heavy atom. The van der Waals surface area contributed by atoms with Crippen molar-refractivity contribution in [1.82, 2.24) is 0 Å². The Labute approximate surface area is 277 Å². The summed E-state index contributed by atoms with van der Waals surface area (Å²) in [6, 6.07) is -1.75. The van der Waals surface area contributed by atoms with Crippen LogP contribution in [0, 0.1) is 20.2 Å². The molecule has 1 rings (SSSR count). The average molecular weight is 835 g/mol. The average Bonchev–Trinajstić information content (AvgIpc) is 2.94. The second-order valence-corrected chi connectivity index (χ2v) is 21.6. The maximum Gasteiger partial charge on any atom is 0.271 e. The van der Waals surface area contributed by atoms with Crippen molar-refractivity contribution >= 4 is 137 Å². The van der Waals surface area contributed by atoms with E-state index < -0.39 is 72.5 Å². The summed E-state index contributed by atoms with van der Waals surface area (Å²) in [4.78, 5) is 36.0. The van der Waals surface area contributed by atoms with Gasteiger partial charge in [-0.05, 0) is 0 Å². The lowest BCUT2D eigenvalue weighted by molar-refractivity contribution is -0.564. The van der Waals surface area contributed by atoms with Gasteiger partial charge in [0.1, 0.15) is 18.3 Å². The Kier molecular flexibility index (Phi) is 41.7. The second-order valence-electron chi connectivity index (χ2n) is 5.72. The number of rotatable bonds is 7. The molecule has 41 heavy (non-hydrogen) atoms. The molecule has 1 saturated heterocycles. The summed E-state index contributed by atoms with van der Waals surface area (Å²) >= 11 is 18.2. The molecule has 3 unspecified atom stereocenters. The number of carbonyl (C=O) groups excluding carboxylic acids is 2. The first-order valence-corrected chi connectivity index (χ1v) is 23.9. The lowest BCUT2D eigenvalue weighted by Gasteiger charge is -2.35. The molecule has 7 atom stereocenters. The van der Waals surface area contributed by atoms with Gasteiger partial charge in [-0.2, -0.15) is 0 Å². The fourth-order valence-corrected chi connectivity index (χ4v) is 15.5. The first-order valence-electron chi connectivity index (χ1n) is 9.23. The molecule has 7 N–H and O–H groups in total. The first-order chi connectivity index (χ1) is 19.3. The van der Waals surface area contributed by atoms with Crippen LogP contribution in [0.25, 0.3) is 0 Å². The first kappa shape index (κ1) is 48.6. The van der Waals surface area contributed by atoms with E-state index in [0.29, 0.717) is 0 Å². The van der Waals surface area contributed by atoms with Crippen LogP contribution in [0.1, 0.15) is 0 Å². The lowest BCUT2D eigenvalue weighted by atomic mass is 9.97. The number of aldehydes is 2. The molecule has 1 aliphatic heterocycles. The third kappa shape index (κ3) is 30.5. The Bertz CT molecular complexity index is 1110. The summed E-state index contributed by atoms with van der Waals surface area (Å²) in [5.74, 6) is 0. The highest BCUT2D eigenvalue weighted by molar-refractivity contribution is 8.68. The standard InChI is InChI=1S/C6H11NO7.C4H9NO5.C2H2O2.S7.S6/c8-1-2-4(9)3(7(12)13)5(10)6(11)14-2;6-2-4(8)3(7)1-5(9)10;3-1-2-4;1-3-5-7-6-4-2;1-3-5-6-4-2/h2-6,8-11H,1H2;3-4,6-8H,1-2H2;1-2H;;/t2?,3?,4-,5?,6-;3-,4-;;;/m01.../s1. The van der Waals surface area contributed by atoms with Crippen LogP contribution in [0.15, 0.2) is 0 Å². The number of aliphatic hydroxyl groups excluding tert-OH is 7. The normalized spacial score (nSPS) is 21.3. The molecule has 0 amide bonds. The molecule has 1 aliphatic rings. The molecule has 0 radical (unpaired) electrons. The monoisotopic (exact) mass is 834 g/mol. The minimum atomic E-state index is -1.80. The lowest BCUT2D eigenvalue weighted by Crippen LogP contribution is -2.61. The van der Waals surface area contributed by atoms with Crippen LogP contribution in [0.3, 0.4) is 0 Å². The smallest absolute Gasteiger partial charge is 0.271 e. The number of aliphatic hydroxyl groups is 7. The van der Waals surface area contributed by atoms with Gasteiger partial charge in [-0.15, -0.1) is 0 Å². The maximum absolute atomic E-state index is 10.4. The molecule has 0 aromatic carbocycles. The molecule has 16 nitrogen and oxygen atoms in total. The van der Waals surface area contributed by atoms with Crippen molar-refractivity contribution in [2.24, 2.45) is 0 Å². The van der Waals surface area contributed by atoms with Gasteiger partial charge in [0.05, 0.1) is 13.2 Å². The third-order valence-electron chi connectivity index (χ3n) is 3.33. The molecule has 1 heterocycles. The summed E-state index contributed by atoms with van der Waals surface area (Å²) in [7, 11) is 13.0. The van der Waals surface area contributed by atoms with Crippen LogP contribution in [0.4, 0.5) is 0 Å². The fraction of sp³-hybridized carbons (Fsp3) is 0.833. The van der Waals surface area contributed by atoms with Gasteiger partial charge in [0.2, 0.25) is 6.54 Å². The Hall–Kier alpha value is 0.680. The van der Waals surface area contributed by atoms with Crippen molar-refractivity contribution in [3.05, 3.63) is 20.2 Å². The predicted octanol–water partition coefficient (Wildman–Crippen LogP) is -5.61. The maximum atomic E-state index is 10.4. The number of nitro groups is 2. The topological polar surface area (TPSA) is 271 Å². The van der Waals surface area contributed by atoms with E-state index in [-0.39, 0.29) is 12.6 Å². The van der Waals surface area contributed by atoms with Crippen LogP contribution in [-0.4, -0.2) is 121 Å². The molecular formula is C12H22N2O14S13. The molecule has 0 bridgehead atoms. The molecule has 0 aromatic rings. The zero-order chi connectivity index (χ0) is 32.8. The molecular weight excluding hydrogens is 813 g/mol. The molecule has 0 saturated carbocycles. The number of nitrogens with zero attached hydrogens (tertiary/aromatic N) is 2. The fourth-order valence-electron chi connectivity index (χ4n) is 1.78. The quantitative estimate of drug-likeness (QED) is 0.0545. The molecule has 0 spiro atoms. The van der Waals surface area contributed by atoms with E-state index in [4.69, 9.17) is 40.2 Å². The number of ether oxygens (including phenoxy) is 1. The number of carbonyl (C=O) groups is 2. The van der Waals surface area contributed by atoms with Gasteiger partial charge in [0.25, 0.3) is 6.04 Å². The van der Waals surface area contributed by atoms with Crippen LogP contribution in [0.5, 0.6) is 0 Å². The van der Waals surface area contributed by atoms with Crippen molar-refractivity contribution in [1.29, 1.82) is 0 Å². The molecule has 29 heteroatoms. The van der Waals surface area contributed by atoms with Crippen molar-refractivity contribution in [2.45, 2.75) is 42.9 Å². The minimum absolute atomic E-state index is 0.194. The van der Waals surface area contributed by atoms with Crippen LogP contribution in [-0.2, 0) is 139 Å². The van der Waals surface area contributed by atoms with E-state index in [1.165, 1.54) is 53.3 Å². The summed E-state index contributed by atoms with van der Waals surface area (Å²) in [6.45, 7) is -2.09. The van der Waals surface area contributed by atoms with E-state index in [1.807, 2.05) is 0 Å². The summed E-state index contributed by atoms with van der Waals surface area (Å²) in [5.41, 5.74) is 0. The van der Waals surface area contributed by atoms with Crippen LogP contribution in [0.2, 0.25) is 0 Å². The minimum Gasteiger partial charge on any atom is -0.394 e. The highest BCUT2D eigenvalue weighted by Gasteiger charge is 2.51. The van der Waals surface area contributed by atoms with E-state index in [9.17, 15) is 25.3 Å². The highest BCUT2D eigenvalue weighted by Crippen LogP contribution is 2.21. The van der Waals surface area contributed by atoms with Crippen LogP contribution < -0.4 is 0 Å². The van der Waals surface area contributed by atoms with Gasteiger partial charge in [0.15, 0.2) is 31.1 Å². The zero-order valence-corrected chi connectivity index (χ0v) is 30.1. The van der Waals surface area contributed by atoms with E-state index >= 15 is 0 Å². The van der Waals surface area contributed by atoms with Gasteiger partial charge in [-0.25, -0.2) is 0 Å². The van der Waals surface area contributed by atoms with Gasteiger partial charge in [-0.1, -0.05) is 0 Å². The number of hydrogen-bond donors (Lipinski definition) is 7. The van der Waals surface area contributed by atoms with Crippen molar-refractivity contribution in [3.8, 4) is 0 Å². The molecule has 242 valence electrons. The van der Waals surface area contributed by atoms with Gasteiger partial charge in [-0.3, -0.25) is 29.8 Å². The Balaban J connectivity index is -0.000000224. The van der Waals surface area contributed by atoms with Crippen molar-refractivity contribution < 1.29 is 59.9 Å². The Morgan fingerprint density at radius 2 is 1.20 bits per heavy atom. The van der Waals surface area contributed by atoms with E-state index in [1.54, 1.807) is 26.6 Å². The van der Waals surface area contributed by atoms with Gasteiger partial charge in [0, 0.05) is 135 Å². The third-order valence-corrected chi connectivity index (χ3v) is 18.9. The van der Waals surface area contributed by atoms with E-state index in [2.05, 4.69) is 49.5 Å². The summed E-state index contributed by atoms with van der Waals surface area (Å²) < 4.78 is 4.54. The molecule has 0 aliphatic carbocycles.